The van der Waals surface area contributed by atoms with Crippen LogP contribution < -0.4 is 10.6 Å². The molecule has 1 aromatic rings. The van der Waals surface area contributed by atoms with E-state index in [0.29, 0.717) is 10.8 Å². The Morgan fingerprint density at radius 3 is 1.38 bits per heavy atom. The molecule has 4 fully saturated rings. The van der Waals surface area contributed by atoms with Crippen LogP contribution in [0.1, 0.15) is 51.4 Å². The van der Waals surface area contributed by atoms with Gasteiger partial charge in [0.25, 0.3) is 0 Å². The van der Waals surface area contributed by atoms with E-state index in [4.69, 9.17) is 0 Å². The summed E-state index contributed by atoms with van der Waals surface area (Å²) in [5.74, 6) is 0.770. The maximum Gasteiger partial charge on any atom is 0.228 e. The maximum absolute atomic E-state index is 12.3. The van der Waals surface area contributed by atoms with Gasteiger partial charge in [0.1, 0.15) is 0 Å². The third kappa shape index (κ3) is 2.19. The molecule has 4 nitrogen and oxygen atoms in total. The van der Waals surface area contributed by atoms with Crippen LogP contribution in [0.15, 0.2) is 24.3 Å². The molecular formula is C20H24N2O2. The molecule has 4 aliphatic carbocycles. The summed E-state index contributed by atoms with van der Waals surface area (Å²) < 4.78 is 0. The molecule has 4 saturated carbocycles. The summed E-state index contributed by atoms with van der Waals surface area (Å²) in [6.07, 6.45) is 9.57. The summed E-state index contributed by atoms with van der Waals surface area (Å²) >= 11 is 0. The van der Waals surface area contributed by atoms with E-state index in [0.717, 1.165) is 24.2 Å². The molecule has 0 bridgehead atoms. The summed E-state index contributed by atoms with van der Waals surface area (Å²) in [4.78, 5) is 24.5. The summed E-state index contributed by atoms with van der Waals surface area (Å²) in [6, 6.07) is 7.54. The number of benzene rings is 1. The highest BCUT2D eigenvalue weighted by atomic mass is 16.2. The van der Waals surface area contributed by atoms with Crippen molar-refractivity contribution in [2.24, 2.45) is 22.7 Å². The Morgan fingerprint density at radius 2 is 1.12 bits per heavy atom. The molecule has 0 aliphatic heterocycles. The lowest BCUT2D eigenvalue weighted by molar-refractivity contribution is -0.119. The summed E-state index contributed by atoms with van der Waals surface area (Å²) in [5, 5.41) is 6.05. The third-order valence-corrected chi connectivity index (χ3v) is 7.13. The van der Waals surface area contributed by atoms with Crippen LogP contribution in [0.3, 0.4) is 0 Å². The predicted molar refractivity (Wildman–Crippen MR) is 92.5 cm³/mol. The van der Waals surface area contributed by atoms with Gasteiger partial charge in [0.15, 0.2) is 0 Å². The quantitative estimate of drug-likeness (QED) is 0.881. The topological polar surface area (TPSA) is 58.2 Å². The fourth-order valence-electron chi connectivity index (χ4n) is 4.90. The van der Waals surface area contributed by atoms with Crippen LogP contribution in [0.2, 0.25) is 0 Å². The normalized spacial score (nSPS) is 30.2. The Balaban J connectivity index is 1.16. The number of nitrogens with one attached hydrogen (secondary N) is 2. The van der Waals surface area contributed by atoms with Gasteiger partial charge in [-0.15, -0.1) is 0 Å². The van der Waals surface area contributed by atoms with Crippen molar-refractivity contribution < 1.29 is 9.59 Å². The van der Waals surface area contributed by atoms with E-state index < -0.39 is 0 Å². The first-order valence-corrected chi connectivity index (χ1v) is 9.32. The van der Waals surface area contributed by atoms with Gasteiger partial charge in [0.2, 0.25) is 11.8 Å². The molecule has 4 heteroatoms. The minimum atomic E-state index is 0.163. The molecule has 126 valence electrons. The van der Waals surface area contributed by atoms with Crippen LogP contribution in [-0.2, 0) is 9.59 Å². The van der Waals surface area contributed by atoms with Gasteiger partial charge in [0, 0.05) is 23.2 Å². The van der Waals surface area contributed by atoms with E-state index in [1.54, 1.807) is 0 Å². The predicted octanol–water partition coefficient (Wildman–Crippen LogP) is 3.94. The van der Waals surface area contributed by atoms with Gasteiger partial charge in [0.05, 0.1) is 0 Å². The SMILES string of the molecule is O=C(Nc1ccc(NC(=O)[C@@H]2CC23CCC3)cc1)[C@H]1CC12CCC2. The number of hydrogen-bond donors (Lipinski definition) is 2. The van der Waals surface area contributed by atoms with Crippen LogP contribution in [0.25, 0.3) is 0 Å². The van der Waals surface area contributed by atoms with E-state index in [9.17, 15) is 9.59 Å². The molecule has 1 aromatic carbocycles. The first kappa shape index (κ1) is 14.5. The Morgan fingerprint density at radius 1 is 0.750 bits per heavy atom. The second-order valence-corrected chi connectivity index (χ2v) is 8.50. The first-order valence-electron chi connectivity index (χ1n) is 9.32. The second kappa shape index (κ2) is 4.84. The van der Waals surface area contributed by atoms with Crippen molar-refractivity contribution in [2.45, 2.75) is 51.4 Å². The molecule has 5 rings (SSSR count). The lowest BCUT2D eigenvalue weighted by Crippen LogP contribution is -2.23. The third-order valence-electron chi connectivity index (χ3n) is 7.13. The molecule has 24 heavy (non-hydrogen) atoms. The van der Waals surface area contributed by atoms with Crippen molar-refractivity contribution in [3.63, 3.8) is 0 Å². The summed E-state index contributed by atoms with van der Waals surface area (Å²) in [6.45, 7) is 0. The highest BCUT2D eigenvalue weighted by molar-refractivity contribution is 5.97. The molecule has 4 aliphatic rings. The van der Waals surface area contributed by atoms with E-state index >= 15 is 0 Å². The lowest BCUT2D eigenvalue weighted by Gasteiger charge is -2.26. The van der Waals surface area contributed by atoms with Crippen LogP contribution >= 0.6 is 0 Å². The Bertz CT molecular complexity index is 640. The van der Waals surface area contributed by atoms with Crippen molar-refractivity contribution >= 4 is 23.2 Å². The van der Waals surface area contributed by atoms with Crippen LogP contribution in [-0.4, -0.2) is 11.8 Å². The van der Waals surface area contributed by atoms with Gasteiger partial charge >= 0.3 is 0 Å². The number of rotatable bonds is 4. The number of anilines is 2. The fraction of sp³-hybridized carbons (Fsp3) is 0.600. The standard InChI is InChI=1S/C20H24N2O2/c23-17(15-11-19(15)7-1-8-19)21-13-3-5-14(6-4-13)22-18(24)16-12-20(16)9-2-10-20/h3-6,15-16H,1-2,7-12H2,(H,21,23)(H,22,24)/t15-,16+. The minimum absolute atomic E-state index is 0.163. The number of carbonyl (C=O) groups is 2. The van der Waals surface area contributed by atoms with Gasteiger partial charge in [-0.25, -0.2) is 0 Å². The van der Waals surface area contributed by atoms with Crippen LogP contribution in [0.4, 0.5) is 11.4 Å². The van der Waals surface area contributed by atoms with Gasteiger partial charge in [-0.05, 0) is 73.6 Å². The smallest absolute Gasteiger partial charge is 0.228 e. The molecule has 0 unspecified atom stereocenters. The zero-order valence-corrected chi connectivity index (χ0v) is 13.9. The average Bonchev–Trinajstić information content (AvgIpc) is 3.38. The zero-order valence-electron chi connectivity index (χ0n) is 13.9. The Labute approximate surface area is 142 Å². The number of amides is 2. The molecule has 0 radical (unpaired) electrons. The monoisotopic (exact) mass is 324 g/mol. The lowest BCUT2D eigenvalue weighted by atomic mass is 9.79. The van der Waals surface area contributed by atoms with Gasteiger partial charge in [-0.1, -0.05) is 12.8 Å². The Kier molecular flexibility index (Phi) is 2.92. The average molecular weight is 324 g/mol. The highest BCUT2D eigenvalue weighted by Crippen LogP contribution is 2.66. The largest absolute Gasteiger partial charge is 0.326 e. The van der Waals surface area contributed by atoms with Crippen molar-refractivity contribution in [1.29, 1.82) is 0 Å². The van der Waals surface area contributed by atoms with Crippen molar-refractivity contribution in [3.05, 3.63) is 24.3 Å². The molecule has 2 atom stereocenters. The van der Waals surface area contributed by atoms with Gasteiger partial charge in [-0.2, -0.15) is 0 Å². The second-order valence-electron chi connectivity index (χ2n) is 8.50. The zero-order chi connectivity index (χ0) is 16.4. The molecule has 0 aromatic heterocycles. The van der Waals surface area contributed by atoms with Crippen molar-refractivity contribution in [3.8, 4) is 0 Å². The van der Waals surface area contributed by atoms with E-state index in [1.165, 1.54) is 38.5 Å². The minimum Gasteiger partial charge on any atom is -0.326 e. The fourth-order valence-corrected chi connectivity index (χ4v) is 4.90. The molecule has 0 heterocycles. The molecule has 2 amide bonds. The summed E-state index contributed by atoms with van der Waals surface area (Å²) in [5.41, 5.74) is 2.36. The number of carbonyl (C=O) groups excluding carboxylic acids is 2. The Hall–Kier alpha value is -1.84. The van der Waals surface area contributed by atoms with E-state index in [1.807, 2.05) is 24.3 Å². The van der Waals surface area contributed by atoms with Crippen LogP contribution in [0, 0.1) is 22.7 Å². The summed E-state index contributed by atoms with van der Waals surface area (Å²) in [7, 11) is 0. The van der Waals surface area contributed by atoms with Gasteiger partial charge in [-0.3, -0.25) is 9.59 Å². The number of hydrogen-bond acceptors (Lipinski definition) is 2. The molecular weight excluding hydrogens is 300 g/mol. The first-order chi connectivity index (χ1) is 11.6. The molecule has 2 spiro atoms. The van der Waals surface area contributed by atoms with Crippen molar-refractivity contribution in [2.75, 3.05) is 10.6 Å². The van der Waals surface area contributed by atoms with E-state index in [2.05, 4.69) is 10.6 Å². The molecule has 0 saturated heterocycles. The van der Waals surface area contributed by atoms with Crippen LogP contribution in [0.5, 0.6) is 0 Å². The van der Waals surface area contributed by atoms with E-state index in [-0.39, 0.29) is 23.7 Å². The molecule has 2 N–H and O–H groups in total. The van der Waals surface area contributed by atoms with Crippen molar-refractivity contribution in [1.82, 2.24) is 0 Å². The van der Waals surface area contributed by atoms with Gasteiger partial charge < -0.3 is 10.6 Å². The highest BCUT2D eigenvalue weighted by Gasteiger charge is 2.61. The maximum atomic E-state index is 12.3.